The number of hydrogen-bond donors (Lipinski definition) is 1. The molecule has 0 spiro atoms. The molecule has 2 aliphatic carbocycles. The van der Waals surface area contributed by atoms with Crippen molar-refractivity contribution in [3.63, 3.8) is 0 Å². The van der Waals surface area contributed by atoms with Crippen LogP contribution in [0.25, 0.3) is 11.3 Å². The minimum absolute atomic E-state index is 0.00208. The Morgan fingerprint density at radius 3 is 2.38 bits per heavy atom. The summed E-state index contributed by atoms with van der Waals surface area (Å²) < 4.78 is 42.9. The number of halogens is 3. The molecule has 1 aromatic carbocycles. The van der Waals surface area contributed by atoms with Crippen molar-refractivity contribution in [1.82, 2.24) is 9.78 Å². The van der Waals surface area contributed by atoms with Crippen LogP contribution in [-0.2, 0) is 11.8 Å². The number of benzene rings is 1. The summed E-state index contributed by atoms with van der Waals surface area (Å²) in [5.74, 6) is 1.22. The van der Waals surface area contributed by atoms with Gasteiger partial charge >= 0.3 is 6.36 Å². The van der Waals surface area contributed by atoms with Crippen LogP contribution in [0.3, 0.4) is 0 Å². The molecule has 1 amide bonds. The number of hydrogen-bond acceptors (Lipinski definition) is 3. The molecule has 4 rings (SSSR count). The van der Waals surface area contributed by atoms with Gasteiger partial charge in [-0.15, -0.1) is 13.2 Å². The zero-order chi connectivity index (χ0) is 20.8. The minimum Gasteiger partial charge on any atom is -0.406 e. The molecule has 0 unspecified atom stereocenters. The van der Waals surface area contributed by atoms with Gasteiger partial charge in [0.2, 0.25) is 5.91 Å². The molecule has 0 atom stereocenters. The Balaban J connectivity index is 1.62. The van der Waals surface area contributed by atoms with Crippen LogP contribution < -0.4 is 10.1 Å². The Morgan fingerprint density at radius 2 is 1.86 bits per heavy atom. The number of amides is 1. The van der Waals surface area contributed by atoms with E-state index >= 15 is 0 Å². The van der Waals surface area contributed by atoms with Crippen molar-refractivity contribution >= 4 is 11.7 Å². The summed E-state index contributed by atoms with van der Waals surface area (Å²) in [5.41, 5.74) is 2.55. The second-order valence-electron chi connectivity index (χ2n) is 8.20. The first-order chi connectivity index (χ1) is 13.7. The second-order valence-corrected chi connectivity index (χ2v) is 8.20. The van der Waals surface area contributed by atoms with Crippen LogP contribution in [0, 0.1) is 11.8 Å². The van der Waals surface area contributed by atoms with Gasteiger partial charge in [-0.3, -0.25) is 9.48 Å². The molecule has 5 nitrogen and oxygen atoms in total. The number of aryl methyl sites for hydroxylation is 1. The molecular weight excluding hydrogens is 383 g/mol. The van der Waals surface area contributed by atoms with Crippen molar-refractivity contribution in [2.45, 2.75) is 51.3 Å². The fourth-order valence-corrected chi connectivity index (χ4v) is 4.21. The summed E-state index contributed by atoms with van der Waals surface area (Å²) in [4.78, 5) is 12.6. The molecule has 156 valence electrons. The topological polar surface area (TPSA) is 56.2 Å². The number of anilines is 1. The fourth-order valence-electron chi connectivity index (χ4n) is 4.21. The first-order valence-corrected chi connectivity index (χ1v) is 9.95. The van der Waals surface area contributed by atoms with Crippen LogP contribution in [0.2, 0.25) is 0 Å². The molecule has 2 aliphatic rings. The zero-order valence-electron chi connectivity index (χ0n) is 16.4. The number of carbonyl (C=O) groups excluding carboxylic acids is 1. The molecular formula is C21H24F3N3O2. The van der Waals surface area contributed by atoms with Gasteiger partial charge in [-0.25, -0.2) is 0 Å². The minimum atomic E-state index is -4.72. The molecule has 1 N–H and O–H groups in total. The lowest BCUT2D eigenvalue weighted by Crippen LogP contribution is -2.33. The SMILES string of the molecule is CC1CC(C(=O)Nc2nn(C)c(-c3ccc(OC(F)(F)F)cc3)c2C2CCC2)C1. The Morgan fingerprint density at radius 1 is 1.21 bits per heavy atom. The Kier molecular flexibility index (Phi) is 5.04. The van der Waals surface area contributed by atoms with E-state index in [1.54, 1.807) is 23.9 Å². The molecule has 0 bridgehead atoms. The summed E-state index contributed by atoms with van der Waals surface area (Å²) in [6, 6.07) is 5.79. The van der Waals surface area contributed by atoms with Gasteiger partial charge in [0.1, 0.15) is 5.75 Å². The maximum Gasteiger partial charge on any atom is 0.573 e. The largest absolute Gasteiger partial charge is 0.573 e. The third kappa shape index (κ3) is 4.11. The number of carbonyl (C=O) groups is 1. The highest BCUT2D eigenvalue weighted by molar-refractivity contribution is 5.94. The number of alkyl halides is 3. The maximum absolute atomic E-state index is 12.6. The first-order valence-electron chi connectivity index (χ1n) is 9.95. The summed E-state index contributed by atoms with van der Waals surface area (Å²) in [6.45, 7) is 2.13. The van der Waals surface area contributed by atoms with Gasteiger partial charge in [0.25, 0.3) is 0 Å². The van der Waals surface area contributed by atoms with Crippen LogP contribution in [0.15, 0.2) is 24.3 Å². The zero-order valence-corrected chi connectivity index (χ0v) is 16.4. The monoisotopic (exact) mass is 407 g/mol. The van der Waals surface area contributed by atoms with Crippen LogP contribution in [-0.4, -0.2) is 22.1 Å². The molecule has 8 heteroatoms. The van der Waals surface area contributed by atoms with Crippen molar-refractivity contribution in [3.05, 3.63) is 29.8 Å². The lowest BCUT2D eigenvalue weighted by Gasteiger charge is -2.31. The number of ether oxygens (including phenoxy) is 1. The average Bonchev–Trinajstić information content (AvgIpc) is 2.85. The molecule has 0 aliphatic heterocycles. The number of nitrogens with zero attached hydrogens (tertiary/aromatic N) is 2. The van der Waals surface area contributed by atoms with E-state index < -0.39 is 6.36 Å². The van der Waals surface area contributed by atoms with E-state index in [9.17, 15) is 18.0 Å². The molecule has 2 aromatic rings. The summed E-state index contributed by atoms with van der Waals surface area (Å²) in [6.07, 6.45) is 0.205. The maximum atomic E-state index is 12.6. The van der Waals surface area contributed by atoms with Crippen molar-refractivity contribution in [2.75, 3.05) is 5.32 Å². The summed E-state index contributed by atoms with van der Waals surface area (Å²) in [7, 11) is 1.79. The quantitative estimate of drug-likeness (QED) is 0.738. The van der Waals surface area contributed by atoms with E-state index in [-0.39, 0.29) is 17.6 Å². The van der Waals surface area contributed by atoms with Gasteiger partial charge in [0.15, 0.2) is 5.82 Å². The molecule has 2 fully saturated rings. The van der Waals surface area contributed by atoms with E-state index in [1.807, 2.05) is 0 Å². The van der Waals surface area contributed by atoms with Crippen LogP contribution >= 0.6 is 0 Å². The van der Waals surface area contributed by atoms with Crippen LogP contribution in [0.1, 0.15) is 50.5 Å². The number of aromatic nitrogens is 2. The third-order valence-corrected chi connectivity index (χ3v) is 5.94. The highest BCUT2D eigenvalue weighted by Crippen LogP contribution is 2.45. The Hall–Kier alpha value is -2.51. The Bertz CT molecular complexity index is 895. The molecule has 2 saturated carbocycles. The van der Waals surface area contributed by atoms with E-state index in [2.05, 4.69) is 22.1 Å². The van der Waals surface area contributed by atoms with E-state index in [0.717, 1.165) is 48.9 Å². The molecule has 0 radical (unpaired) electrons. The second kappa shape index (κ2) is 7.39. The molecule has 1 aromatic heterocycles. The fraction of sp³-hybridized carbons (Fsp3) is 0.524. The normalized spacial score (nSPS) is 22.0. The predicted molar refractivity (Wildman–Crippen MR) is 102 cm³/mol. The van der Waals surface area contributed by atoms with Crippen molar-refractivity contribution in [1.29, 1.82) is 0 Å². The van der Waals surface area contributed by atoms with E-state index in [1.165, 1.54) is 12.1 Å². The average molecular weight is 407 g/mol. The van der Waals surface area contributed by atoms with Crippen LogP contribution in [0.4, 0.5) is 19.0 Å². The number of rotatable bonds is 5. The van der Waals surface area contributed by atoms with E-state index in [0.29, 0.717) is 17.7 Å². The highest BCUT2D eigenvalue weighted by Gasteiger charge is 2.35. The van der Waals surface area contributed by atoms with Gasteiger partial charge in [-0.2, -0.15) is 5.10 Å². The molecule has 29 heavy (non-hydrogen) atoms. The smallest absolute Gasteiger partial charge is 0.406 e. The van der Waals surface area contributed by atoms with Gasteiger partial charge in [-0.05, 0) is 61.8 Å². The molecule has 0 saturated heterocycles. The summed E-state index contributed by atoms with van der Waals surface area (Å²) in [5, 5.41) is 7.56. The lowest BCUT2D eigenvalue weighted by molar-refractivity contribution is -0.274. The standard InChI is InChI=1S/C21H24F3N3O2/c1-12-10-15(11-12)20(28)25-19-17(13-4-3-5-13)18(27(2)26-19)14-6-8-16(9-7-14)29-21(22,23)24/h6-9,12-13,15H,3-5,10-11H2,1-2H3,(H,25,26,28). The van der Waals surface area contributed by atoms with Crippen molar-refractivity contribution in [2.24, 2.45) is 18.9 Å². The van der Waals surface area contributed by atoms with Gasteiger partial charge in [-0.1, -0.05) is 13.3 Å². The number of nitrogens with one attached hydrogen (secondary N) is 1. The lowest BCUT2D eigenvalue weighted by atomic mass is 9.75. The summed E-state index contributed by atoms with van der Waals surface area (Å²) >= 11 is 0. The first kappa shape index (κ1) is 19.8. The Labute approximate surface area is 167 Å². The van der Waals surface area contributed by atoms with Crippen LogP contribution in [0.5, 0.6) is 5.75 Å². The van der Waals surface area contributed by atoms with Crippen molar-refractivity contribution < 1.29 is 22.7 Å². The van der Waals surface area contributed by atoms with Gasteiger partial charge < -0.3 is 10.1 Å². The predicted octanol–water partition coefficient (Wildman–Crippen LogP) is 5.24. The van der Waals surface area contributed by atoms with E-state index in [4.69, 9.17) is 0 Å². The van der Waals surface area contributed by atoms with Gasteiger partial charge in [0, 0.05) is 24.1 Å². The van der Waals surface area contributed by atoms with Crippen molar-refractivity contribution in [3.8, 4) is 17.0 Å². The van der Waals surface area contributed by atoms with Gasteiger partial charge in [0.05, 0.1) is 5.69 Å². The third-order valence-electron chi connectivity index (χ3n) is 5.94. The highest BCUT2D eigenvalue weighted by atomic mass is 19.4. The molecule has 1 heterocycles.